The molecule has 1 aliphatic heterocycles. The van der Waals surface area contributed by atoms with Gasteiger partial charge in [-0.15, -0.1) is 0 Å². The molecule has 3 rings (SSSR count). The molecule has 1 atom stereocenters. The van der Waals surface area contributed by atoms with Crippen molar-refractivity contribution in [2.45, 2.75) is 6.10 Å². The van der Waals surface area contributed by atoms with Crippen LogP contribution in [0.15, 0.2) is 45.9 Å². The average molecular weight is 341 g/mol. The Balaban J connectivity index is 2.00. The molecule has 5 heteroatoms. The number of hydrogen-bond acceptors (Lipinski definition) is 2. The summed E-state index contributed by atoms with van der Waals surface area (Å²) < 4.78 is 20.5. The first-order valence-electron chi connectivity index (χ1n) is 5.59. The third kappa shape index (κ3) is 2.38. The van der Waals surface area contributed by atoms with Gasteiger partial charge in [-0.2, -0.15) is 0 Å². The number of ether oxygens (including phenoxy) is 1. The Morgan fingerprint density at radius 3 is 2.89 bits per heavy atom. The van der Waals surface area contributed by atoms with E-state index in [9.17, 15) is 4.39 Å². The fourth-order valence-corrected chi connectivity index (χ4v) is 2.51. The first-order valence-corrected chi connectivity index (χ1v) is 6.76. The molecule has 2 aromatic carbocycles. The van der Waals surface area contributed by atoms with E-state index in [2.05, 4.69) is 20.9 Å². The van der Waals surface area contributed by atoms with Gasteiger partial charge in [0.1, 0.15) is 11.5 Å². The molecule has 1 aliphatic rings. The van der Waals surface area contributed by atoms with Gasteiger partial charge < -0.3 is 4.74 Å². The van der Waals surface area contributed by atoms with E-state index in [-0.39, 0.29) is 0 Å². The number of fused-ring (bicyclic) bond motifs is 1. The van der Waals surface area contributed by atoms with E-state index >= 15 is 0 Å². The van der Waals surface area contributed by atoms with E-state index in [1.807, 2.05) is 18.2 Å². The zero-order chi connectivity index (χ0) is 13.4. The van der Waals surface area contributed by atoms with Crippen molar-refractivity contribution in [1.82, 2.24) is 0 Å². The number of aliphatic imine (C=N–C) groups is 1. The van der Waals surface area contributed by atoms with Crippen molar-refractivity contribution in [2.75, 3.05) is 0 Å². The van der Waals surface area contributed by atoms with Crippen LogP contribution < -0.4 is 4.74 Å². The van der Waals surface area contributed by atoms with E-state index in [4.69, 9.17) is 16.3 Å². The molecule has 0 spiro atoms. The van der Waals surface area contributed by atoms with Gasteiger partial charge in [0.15, 0.2) is 11.9 Å². The summed E-state index contributed by atoms with van der Waals surface area (Å²) in [5.41, 5.74) is 1.13. The Labute approximate surface area is 123 Å². The SMILES string of the molecule is Fc1cc(Cl)ccc1C1C=Nc2cccc(Br)c2O1. The highest BCUT2D eigenvalue weighted by Crippen LogP contribution is 2.40. The Bertz CT molecular complexity index is 674. The molecule has 1 heterocycles. The van der Waals surface area contributed by atoms with Gasteiger partial charge in [-0.25, -0.2) is 4.39 Å². The van der Waals surface area contributed by atoms with Crippen LogP contribution in [0.4, 0.5) is 10.1 Å². The molecule has 0 aliphatic carbocycles. The predicted octanol–water partition coefficient (Wildman–Crippen LogP) is 5.08. The lowest BCUT2D eigenvalue weighted by Crippen LogP contribution is -2.14. The van der Waals surface area contributed by atoms with Crippen molar-refractivity contribution in [2.24, 2.45) is 4.99 Å². The number of rotatable bonds is 1. The molecule has 2 aromatic rings. The molecule has 1 unspecified atom stereocenters. The van der Waals surface area contributed by atoms with Crippen molar-refractivity contribution < 1.29 is 9.13 Å². The smallest absolute Gasteiger partial charge is 0.162 e. The van der Waals surface area contributed by atoms with Gasteiger partial charge in [-0.05, 0) is 40.2 Å². The number of benzene rings is 2. The van der Waals surface area contributed by atoms with Crippen LogP contribution in [-0.2, 0) is 0 Å². The van der Waals surface area contributed by atoms with Crippen LogP contribution in [-0.4, -0.2) is 6.21 Å². The monoisotopic (exact) mass is 339 g/mol. The maximum atomic E-state index is 13.9. The second-order valence-electron chi connectivity index (χ2n) is 4.07. The van der Waals surface area contributed by atoms with Crippen molar-refractivity contribution >= 4 is 39.4 Å². The van der Waals surface area contributed by atoms with Crippen LogP contribution >= 0.6 is 27.5 Å². The molecule has 0 saturated carbocycles. The number of nitrogens with zero attached hydrogens (tertiary/aromatic N) is 1. The minimum Gasteiger partial charge on any atom is -0.476 e. The number of hydrogen-bond donors (Lipinski definition) is 0. The topological polar surface area (TPSA) is 21.6 Å². The van der Waals surface area contributed by atoms with Crippen LogP contribution in [0.3, 0.4) is 0 Å². The van der Waals surface area contributed by atoms with E-state index < -0.39 is 11.9 Å². The Morgan fingerprint density at radius 2 is 2.11 bits per heavy atom. The zero-order valence-corrected chi connectivity index (χ0v) is 12.0. The largest absolute Gasteiger partial charge is 0.476 e. The van der Waals surface area contributed by atoms with Crippen molar-refractivity contribution in [3.63, 3.8) is 0 Å². The fraction of sp³-hybridized carbons (Fsp3) is 0.0714. The molecule has 0 N–H and O–H groups in total. The minimum atomic E-state index is -0.552. The van der Waals surface area contributed by atoms with Gasteiger partial charge in [0.2, 0.25) is 0 Å². The minimum absolute atomic E-state index is 0.357. The fourth-order valence-electron chi connectivity index (χ4n) is 1.90. The highest BCUT2D eigenvalue weighted by molar-refractivity contribution is 9.10. The summed E-state index contributed by atoms with van der Waals surface area (Å²) in [6.07, 6.45) is 1.03. The molecular formula is C14H8BrClFNO. The third-order valence-corrected chi connectivity index (χ3v) is 3.67. The van der Waals surface area contributed by atoms with E-state index in [0.717, 1.165) is 10.2 Å². The number of para-hydroxylation sites is 1. The molecular weight excluding hydrogens is 333 g/mol. The summed E-state index contributed by atoms with van der Waals surface area (Å²) in [7, 11) is 0. The summed E-state index contributed by atoms with van der Waals surface area (Å²) in [5, 5.41) is 0.357. The first-order chi connectivity index (χ1) is 9.15. The van der Waals surface area contributed by atoms with E-state index in [0.29, 0.717) is 16.3 Å². The Kier molecular flexibility index (Phi) is 3.29. The van der Waals surface area contributed by atoms with Gasteiger partial charge in [-0.1, -0.05) is 23.7 Å². The maximum absolute atomic E-state index is 13.9. The second-order valence-corrected chi connectivity index (χ2v) is 5.36. The van der Waals surface area contributed by atoms with Crippen LogP contribution in [0.25, 0.3) is 0 Å². The van der Waals surface area contributed by atoms with Crippen LogP contribution in [0.1, 0.15) is 11.7 Å². The molecule has 0 radical (unpaired) electrons. The normalized spacial score (nSPS) is 16.9. The molecule has 96 valence electrons. The predicted molar refractivity (Wildman–Crippen MR) is 77.1 cm³/mol. The lowest BCUT2D eigenvalue weighted by molar-refractivity contribution is 0.267. The molecule has 0 fully saturated rings. The van der Waals surface area contributed by atoms with Crippen LogP contribution in [0.5, 0.6) is 5.75 Å². The lowest BCUT2D eigenvalue weighted by Gasteiger charge is -2.22. The summed E-state index contributed by atoms with van der Waals surface area (Å²) in [6.45, 7) is 0. The van der Waals surface area contributed by atoms with Gasteiger partial charge in [0.25, 0.3) is 0 Å². The third-order valence-electron chi connectivity index (χ3n) is 2.81. The highest BCUT2D eigenvalue weighted by atomic mass is 79.9. The first kappa shape index (κ1) is 12.6. The van der Waals surface area contributed by atoms with Crippen molar-refractivity contribution in [3.05, 3.63) is 57.3 Å². The maximum Gasteiger partial charge on any atom is 0.162 e. The van der Waals surface area contributed by atoms with Gasteiger partial charge in [-0.3, -0.25) is 4.99 Å². The summed E-state index contributed by atoms with van der Waals surface area (Å²) in [5.74, 6) is 0.212. The average Bonchev–Trinajstić information content (AvgIpc) is 2.39. The number of halogens is 3. The van der Waals surface area contributed by atoms with Crippen LogP contribution in [0.2, 0.25) is 5.02 Å². The van der Waals surface area contributed by atoms with E-state index in [1.165, 1.54) is 6.07 Å². The van der Waals surface area contributed by atoms with Crippen LogP contribution in [0, 0.1) is 5.82 Å². The van der Waals surface area contributed by atoms with E-state index in [1.54, 1.807) is 18.3 Å². The van der Waals surface area contributed by atoms with Crippen molar-refractivity contribution in [1.29, 1.82) is 0 Å². The summed E-state index contributed by atoms with van der Waals surface area (Å²) in [4.78, 5) is 4.30. The van der Waals surface area contributed by atoms with Gasteiger partial charge in [0, 0.05) is 10.6 Å². The summed E-state index contributed by atoms with van der Waals surface area (Å²) >= 11 is 9.14. The van der Waals surface area contributed by atoms with Crippen molar-refractivity contribution in [3.8, 4) is 5.75 Å². The molecule has 0 aromatic heterocycles. The standard InChI is InChI=1S/C14H8BrClFNO/c15-10-2-1-3-12-14(10)19-13(7-18-12)9-5-4-8(16)6-11(9)17/h1-7,13H. The molecule has 0 bridgehead atoms. The van der Waals surface area contributed by atoms with Gasteiger partial charge in [0.05, 0.1) is 10.7 Å². The Hall–Kier alpha value is -1.39. The molecule has 0 saturated heterocycles. The summed E-state index contributed by atoms with van der Waals surface area (Å²) in [6, 6.07) is 10.1. The quantitative estimate of drug-likeness (QED) is 0.709. The second kappa shape index (κ2) is 4.94. The molecule has 2 nitrogen and oxygen atoms in total. The lowest BCUT2D eigenvalue weighted by atomic mass is 10.1. The molecule has 0 amide bonds. The zero-order valence-electron chi connectivity index (χ0n) is 9.61. The molecule has 19 heavy (non-hydrogen) atoms. The van der Waals surface area contributed by atoms with Gasteiger partial charge >= 0.3 is 0 Å². The highest BCUT2D eigenvalue weighted by Gasteiger charge is 2.22. The Morgan fingerprint density at radius 1 is 1.26 bits per heavy atom.